The van der Waals surface area contributed by atoms with Gasteiger partial charge in [0, 0.05) is 11.5 Å². The van der Waals surface area contributed by atoms with Gasteiger partial charge in [-0.15, -0.1) is 47.0 Å². The van der Waals surface area contributed by atoms with Crippen LogP contribution in [0.2, 0.25) is 0 Å². The molecule has 2 aliphatic heterocycles. The summed E-state index contributed by atoms with van der Waals surface area (Å²) in [7, 11) is 0. The topological polar surface area (TPSA) is 77.4 Å². The SMILES string of the molecule is OCCOCCOCCSC1=C(SCCOCCOCCO)SC(=C2SC(SCCCS)=C(SCCCS)S2)S1. The van der Waals surface area contributed by atoms with E-state index in [1.165, 1.54) is 25.4 Å². The van der Waals surface area contributed by atoms with Crippen LogP contribution in [0.1, 0.15) is 12.8 Å². The average Bonchev–Trinajstić information content (AvgIpc) is 3.56. The van der Waals surface area contributed by atoms with Gasteiger partial charge in [0.1, 0.15) is 0 Å². The van der Waals surface area contributed by atoms with E-state index in [9.17, 15) is 0 Å². The summed E-state index contributed by atoms with van der Waals surface area (Å²) < 4.78 is 30.3. The molecule has 2 rings (SSSR count). The fraction of sp³-hybridized carbons (Fsp3) is 0.750. The predicted octanol–water partition coefficient (Wildman–Crippen LogP) is 6.95. The van der Waals surface area contributed by atoms with Crippen molar-refractivity contribution in [2.45, 2.75) is 12.8 Å². The number of ether oxygens (including phenoxy) is 4. The molecule has 0 aliphatic carbocycles. The number of thioether (sulfide) groups is 8. The zero-order chi connectivity index (χ0) is 28.7. The first-order chi connectivity index (χ1) is 19.7. The standard InChI is InChI=1S/C24H40O6S10/c25-3-5-27-7-9-29-11-17-35-21-22(36-18-12-30-10-8-28-6-4-26)40-24(39-21)23-37-19(33-15-1-13-31)20(38-23)34-16-2-14-32/h25-26,31-32H,1-18H2. The lowest BCUT2D eigenvalue weighted by molar-refractivity contribution is 0.0377. The number of thiol groups is 2. The quantitative estimate of drug-likeness (QED) is 0.0545. The van der Waals surface area contributed by atoms with Crippen molar-refractivity contribution in [2.75, 3.05) is 101 Å². The normalized spacial score (nSPS) is 15.9. The average molecular weight is 745 g/mol. The van der Waals surface area contributed by atoms with Gasteiger partial charge in [0.05, 0.1) is 91.5 Å². The Morgan fingerprint density at radius 2 is 0.800 bits per heavy atom. The highest BCUT2D eigenvalue weighted by molar-refractivity contribution is 8.45. The van der Waals surface area contributed by atoms with Crippen LogP contribution >= 0.6 is 119 Å². The molecule has 0 aromatic heterocycles. The van der Waals surface area contributed by atoms with Crippen molar-refractivity contribution in [1.82, 2.24) is 0 Å². The van der Waals surface area contributed by atoms with Gasteiger partial charge < -0.3 is 29.2 Å². The molecular weight excluding hydrogens is 705 g/mol. The van der Waals surface area contributed by atoms with E-state index in [0.29, 0.717) is 52.9 Å². The molecular formula is C24H40O6S10. The third-order valence-electron chi connectivity index (χ3n) is 4.45. The first-order valence-electron chi connectivity index (χ1n) is 12.9. The second-order valence-corrected chi connectivity index (χ2v) is 18.5. The lowest BCUT2D eigenvalue weighted by Crippen LogP contribution is -2.08. The largest absolute Gasteiger partial charge is 0.394 e. The number of hydrogen-bond acceptors (Lipinski definition) is 16. The minimum atomic E-state index is 0.0392. The Morgan fingerprint density at radius 3 is 1.12 bits per heavy atom. The maximum atomic E-state index is 8.79. The molecule has 0 saturated carbocycles. The summed E-state index contributed by atoms with van der Waals surface area (Å²) in [5.41, 5.74) is 0. The van der Waals surface area contributed by atoms with Crippen LogP contribution in [0.5, 0.6) is 0 Å². The molecule has 0 unspecified atom stereocenters. The summed E-state index contributed by atoms with van der Waals surface area (Å²) in [6.45, 7) is 4.19. The van der Waals surface area contributed by atoms with Crippen LogP contribution in [-0.2, 0) is 18.9 Å². The maximum Gasteiger partial charge on any atom is 0.0717 e. The fourth-order valence-electron chi connectivity index (χ4n) is 2.68. The fourth-order valence-corrected chi connectivity index (χ4v) is 15.3. The molecule has 0 amide bonds. The number of hydrogen-bond donors (Lipinski definition) is 4. The zero-order valence-electron chi connectivity index (χ0n) is 22.4. The molecule has 6 nitrogen and oxygen atoms in total. The third kappa shape index (κ3) is 17.2. The molecule has 2 aliphatic rings. The smallest absolute Gasteiger partial charge is 0.0717 e. The zero-order valence-corrected chi connectivity index (χ0v) is 30.7. The molecule has 0 saturated heterocycles. The second kappa shape index (κ2) is 26.7. The molecule has 0 atom stereocenters. The maximum absolute atomic E-state index is 8.79. The Bertz CT molecular complexity index is 725. The van der Waals surface area contributed by atoms with Crippen molar-refractivity contribution in [2.24, 2.45) is 0 Å². The van der Waals surface area contributed by atoms with Crippen molar-refractivity contribution < 1.29 is 29.2 Å². The molecule has 16 heteroatoms. The highest BCUT2D eigenvalue weighted by Gasteiger charge is 2.30. The van der Waals surface area contributed by atoms with Crippen LogP contribution in [-0.4, -0.2) is 111 Å². The van der Waals surface area contributed by atoms with Gasteiger partial charge >= 0.3 is 0 Å². The Balaban J connectivity index is 1.92. The van der Waals surface area contributed by atoms with Crippen molar-refractivity contribution in [3.8, 4) is 0 Å². The molecule has 0 spiro atoms. The van der Waals surface area contributed by atoms with Crippen molar-refractivity contribution in [3.63, 3.8) is 0 Å². The van der Waals surface area contributed by atoms with Crippen LogP contribution in [0.25, 0.3) is 0 Å². The predicted molar refractivity (Wildman–Crippen MR) is 196 cm³/mol. The summed E-state index contributed by atoms with van der Waals surface area (Å²) in [5.74, 6) is 5.79. The van der Waals surface area contributed by atoms with Gasteiger partial charge in [-0.05, 0) is 35.9 Å². The lowest BCUT2D eigenvalue weighted by atomic mass is 10.6. The van der Waals surface area contributed by atoms with Gasteiger partial charge in [-0.1, -0.05) is 47.0 Å². The van der Waals surface area contributed by atoms with Crippen molar-refractivity contribution in [1.29, 1.82) is 0 Å². The first kappa shape index (κ1) is 38.7. The van der Waals surface area contributed by atoms with E-state index in [1.807, 2.05) is 94.1 Å². The minimum absolute atomic E-state index is 0.0392. The highest BCUT2D eigenvalue weighted by atomic mass is 32.3. The second-order valence-electron chi connectivity index (χ2n) is 7.58. The number of aliphatic hydroxyl groups is 2. The summed E-state index contributed by atoms with van der Waals surface area (Å²) in [6.07, 6.45) is 2.22. The van der Waals surface area contributed by atoms with E-state index in [2.05, 4.69) is 25.3 Å². The monoisotopic (exact) mass is 744 g/mol. The molecule has 0 aromatic rings. The van der Waals surface area contributed by atoms with E-state index in [-0.39, 0.29) is 13.2 Å². The van der Waals surface area contributed by atoms with Crippen LogP contribution in [0.3, 0.4) is 0 Å². The van der Waals surface area contributed by atoms with Gasteiger partial charge in [0.25, 0.3) is 0 Å². The van der Waals surface area contributed by atoms with Gasteiger partial charge in [-0.25, -0.2) is 0 Å². The molecule has 0 fully saturated rings. The van der Waals surface area contributed by atoms with E-state index >= 15 is 0 Å². The molecule has 0 aromatic carbocycles. The number of aliphatic hydroxyl groups excluding tert-OH is 2. The van der Waals surface area contributed by atoms with Crippen molar-refractivity contribution in [3.05, 3.63) is 25.4 Å². The summed E-state index contributed by atoms with van der Waals surface area (Å²) >= 11 is 24.1. The summed E-state index contributed by atoms with van der Waals surface area (Å²) in [4.78, 5) is 0. The molecule has 0 bridgehead atoms. The third-order valence-corrected chi connectivity index (χ3v) is 16.8. The minimum Gasteiger partial charge on any atom is -0.394 e. The van der Waals surface area contributed by atoms with Crippen LogP contribution < -0.4 is 0 Å². The Kier molecular flexibility index (Phi) is 25.8. The molecule has 40 heavy (non-hydrogen) atoms. The molecule has 2 heterocycles. The Labute approximate surface area is 284 Å². The van der Waals surface area contributed by atoms with E-state index in [0.717, 1.165) is 47.4 Å². The molecule has 232 valence electrons. The van der Waals surface area contributed by atoms with Crippen LogP contribution in [0.15, 0.2) is 25.4 Å². The van der Waals surface area contributed by atoms with Gasteiger partial charge in [-0.2, -0.15) is 25.3 Å². The van der Waals surface area contributed by atoms with E-state index in [4.69, 9.17) is 29.2 Å². The summed E-state index contributed by atoms with van der Waals surface area (Å²) in [6, 6.07) is 0. The van der Waals surface area contributed by atoms with E-state index in [1.54, 1.807) is 0 Å². The molecule has 0 radical (unpaired) electrons. The number of rotatable bonds is 26. The van der Waals surface area contributed by atoms with Crippen LogP contribution in [0.4, 0.5) is 0 Å². The van der Waals surface area contributed by atoms with Gasteiger partial charge in [0.15, 0.2) is 0 Å². The first-order valence-corrected chi connectivity index (χ1v) is 21.4. The Hall–Kier alpha value is 2.48. The Morgan fingerprint density at radius 1 is 0.475 bits per heavy atom. The highest BCUT2D eigenvalue weighted by Crippen LogP contribution is 2.66. The van der Waals surface area contributed by atoms with Gasteiger partial charge in [0.2, 0.25) is 0 Å². The molecule has 2 N–H and O–H groups in total. The van der Waals surface area contributed by atoms with Gasteiger partial charge in [-0.3, -0.25) is 0 Å². The summed E-state index contributed by atoms with van der Waals surface area (Å²) in [5, 5.41) is 17.6. The van der Waals surface area contributed by atoms with Crippen molar-refractivity contribution >= 4 is 119 Å². The lowest BCUT2D eigenvalue weighted by Gasteiger charge is -2.07. The van der Waals surface area contributed by atoms with Crippen LogP contribution in [0, 0.1) is 0 Å². The van der Waals surface area contributed by atoms with E-state index < -0.39 is 0 Å².